The SMILES string of the molecule is CCC(Oc1ccc(NC(=O)NC(=O)c2ccccc2C)cc1)c1ccccc1. The van der Waals surface area contributed by atoms with Gasteiger partial charge in [0.1, 0.15) is 11.9 Å². The van der Waals surface area contributed by atoms with Gasteiger partial charge in [0.25, 0.3) is 5.91 Å². The minimum absolute atomic E-state index is 0.0370. The number of imide groups is 1. The first-order valence-electron chi connectivity index (χ1n) is 9.56. The number of carbonyl (C=O) groups is 2. The third kappa shape index (κ3) is 5.45. The molecule has 0 aliphatic heterocycles. The monoisotopic (exact) mass is 388 g/mol. The van der Waals surface area contributed by atoms with Crippen molar-refractivity contribution in [3.05, 3.63) is 95.6 Å². The van der Waals surface area contributed by atoms with Gasteiger partial charge in [-0.25, -0.2) is 4.79 Å². The minimum atomic E-state index is -0.581. The van der Waals surface area contributed by atoms with Crippen LogP contribution in [0.15, 0.2) is 78.9 Å². The Morgan fingerprint density at radius 3 is 2.21 bits per heavy atom. The number of ether oxygens (including phenoxy) is 1. The zero-order chi connectivity index (χ0) is 20.6. The number of rotatable bonds is 6. The topological polar surface area (TPSA) is 67.4 Å². The van der Waals surface area contributed by atoms with Gasteiger partial charge >= 0.3 is 6.03 Å². The summed E-state index contributed by atoms with van der Waals surface area (Å²) in [6, 6.07) is 23.6. The van der Waals surface area contributed by atoms with E-state index in [9.17, 15) is 9.59 Å². The molecule has 5 nitrogen and oxygen atoms in total. The number of anilines is 1. The molecule has 148 valence electrons. The van der Waals surface area contributed by atoms with Gasteiger partial charge in [-0.15, -0.1) is 0 Å². The quantitative estimate of drug-likeness (QED) is 0.587. The van der Waals surface area contributed by atoms with Crippen LogP contribution in [0.4, 0.5) is 10.5 Å². The molecule has 0 saturated carbocycles. The highest BCUT2D eigenvalue weighted by Gasteiger charge is 2.13. The molecular formula is C24H24N2O3. The summed E-state index contributed by atoms with van der Waals surface area (Å²) in [5, 5.41) is 5.00. The smallest absolute Gasteiger partial charge is 0.326 e. The van der Waals surface area contributed by atoms with Crippen LogP contribution in [0.25, 0.3) is 0 Å². The highest BCUT2D eigenvalue weighted by molar-refractivity contribution is 6.08. The summed E-state index contributed by atoms with van der Waals surface area (Å²) >= 11 is 0. The van der Waals surface area contributed by atoms with Gasteiger partial charge in [0.2, 0.25) is 0 Å². The molecule has 3 amide bonds. The maximum atomic E-state index is 12.2. The molecule has 29 heavy (non-hydrogen) atoms. The molecule has 3 aromatic rings. The van der Waals surface area contributed by atoms with Gasteiger partial charge in [0.05, 0.1) is 0 Å². The number of aryl methyl sites for hydroxylation is 1. The number of urea groups is 1. The highest BCUT2D eigenvalue weighted by atomic mass is 16.5. The number of carbonyl (C=O) groups excluding carboxylic acids is 2. The summed E-state index contributed by atoms with van der Waals surface area (Å²) in [5.74, 6) is 0.275. The van der Waals surface area contributed by atoms with E-state index in [4.69, 9.17) is 4.74 Å². The third-order valence-corrected chi connectivity index (χ3v) is 4.55. The zero-order valence-corrected chi connectivity index (χ0v) is 16.5. The summed E-state index contributed by atoms with van der Waals surface area (Å²) in [4.78, 5) is 24.3. The van der Waals surface area contributed by atoms with Crippen LogP contribution in [0.1, 0.15) is 40.9 Å². The second-order valence-electron chi connectivity index (χ2n) is 6.67. The first kappa shape index (κ1) is 20.1. The Morgan fingerprint density at radius 1 is 0.897 bits per heavy atom. The standard InChI is InChI=1S/C24H24N2O3/c1-3-22(18-10-5-4-6-11-18)29-20-15-13-19(14-16-20)25-24(28)26-23(27)21-12-8-7-9-17(21)2/h4-16,22H,3H2,1-2H3,(H2,25,26,27,28). The summed E-state index contributed by atoms with van der Waals surface area (Å²) < 4.78 is 6.06. The molecule has 0 saturated heterocycles. The van der Waals surface area contributed by atoms with Crippen molar-refractivity contribution in [1.29, 1.82) is 0 Å². The molecule has 3 rings (SSSR count). The van der Waals surface area contributed by atoms with E-state index < -0.39 is 11.9 Å². The summed E-state index contributed by atoms with van der Waals surface area (Å²) in [7, 11) is 0. The summed E-state index contributed by atoms with van der Waals surface area (Å²) in [6.07, 6.45) is 0.804. The van der Waals surface area contributed by atoms with Crippen LogP contribution in [0.2, 0.25) is 0 Å². The van der Waals surface area contributed by atoms with Crippen molar-refractivity contribution in [2.45, 2.75) is 26.4 Å². The predicted octanol–water partition coefficient (Wildman–Crippen LogP) is 5.49. The van der Waals surface area contributed by atoms with Crippen LogP contribution >= 0.6 is 0 Å². The molecule has 0 radical (unpaired) electrons. The summed E-state index contributed by atoms with van der Waals surface area (Å²) in [5.41, 5.74) is 2.97. The molecule has 1 atom stereocenters. The van der Waals surface area contributed by atoms with Crippen LogP contribution in [-0.2, 0) is 0 Å². The lowest BCUT2D eigenvalue weighted by Gasteiger charge is -2.18. The number of hydrogen-bond acceptors (Lipinski definition) is 3. The van der Waals surface area contributed by atoms with Crippen LogP contribution in [0, 0.1) is 6.92 Å². The Hall–Kier alpha value is -3.60. The molecule has 0 spiro atoms. The number of benzene rings is 3. The normalized spacial score (nSPS) is 11.4. The first-order valence-corrected chi connectivity index (χ1v) is 9.56. The van der Waals surface area contributed by atoms with E-state index in [1.165, 1.54) is 0 Å². The lowest BCUT2D eigenvalue weighted by molar-refractivity contribution is 0.0966. The third-order valence-electron chi connectivity index (χ3n) is 4.55. The van der Waals surface area contributed by atoms with Crippen molar-refractivity contribution in [1.82, 2.24) is 5.32 Å². The Balaban J connectivity index is 1.58. The average Bonchev–Trinajstić information content (AvgIpc) is 2.74. The average molecular weight is 388 g/mol. The second-order valence-corrected chi connectivity index (χ2v) is 6.67. The van der Waals surface area contributed by atoms with Crippen LogP contribution in [0.3, 0.4) is 0 Å². The van der Waals surface area contributed by atoms with Crippen molar-refractivity contribution in [3.63, 3.8) is 0 Å². The van der Waals surface area contributed by atoms with Crippen molar-refractivity contribution in [2.24, 2.45) is 0 Å². The molecule has 1 unspecified atom stereocenters. The zero-order valence-electron chi connectivity index (χ0n) is 16.5. The maximum absolute atomic E-state index is 12.2. The van der Waals surface area contributed by atoms with E-state index in [0.29, 0.717) is 17.0 Å². The van der Waals surface area contributed by atoms with Crippen molar-refractivity contribution < 1.29 is 14.3 Å². The first-order chi connectivity index (χ1) is 14.1. The van der Waals surface area contributed by atoms with Crippen molar-refractivity contribution in [2.75, 3.05) is 5.32 Å². The Labute approximate surface area is 170 Å². The largest absolute Gasteiger partial charge is 0.486 e. The van der Waals surface area contributed by atoms with Crippen LogP contribution < -0.4 is 15.4 Å². The second kappa shape index (κ2) is 9.55. The lowest BCUT2D eigenvalue weighted by Crippen LogP contribution is -2.34. The fraction of sp³-hybridized carbons (Fsp3) is 0.167. The maximum Gasteiger partial charge on any atom is 0.326 e. The molecule has 0 fully saturated rings. The van der Waals surface area contributed by atoms with Gasteiger partial charge < -0.3 is 10.1 Å². The number of amides is 3. The van der Waals surface area contributed by atoms with E-state index in [2.05, 4.69) is 17.6 Å². The van der Waals surface area contributed by atoms with Crippen molar-refractivity contribution in [3.8, 4) is 5.75 Å². The van der Waals surface area contributed by atoms with Gasteiger partial charge in [-0.2, -0.15) is 0 Å². The molecule has 0 aliphatic rings. The molecule has 5 heteroatoms. The molecule has 0 heterocycles. The predicted molar refractivity (Wildman–Crippen MR) is 114 cm³/mol. The van der Waals surface area contributed by atoms with Crippen molar-refractivity contribution >= 4 is 17.6 Å². The van der Waals surface area contributed by atoms with E-state index in [1.807, 2.05) is 49.4 Å². The van der Waals surface area contributed by atoms with Gasteiger partial charge in [0.15, 0.2) is 0 Å². The fourth-order valence-electron chi connectivity index (χ4n) is 3.00. The molecule has 0 bridgehead atoms. The molecule has 3 aromatic carbocycles. The molecule has 0 aromatic heterocycles. The fourth-order valence-corrected chi connectivity index (χ4v) is 3.00. The Kier molecular flexibility index (Phi) is 6.63. The van der Waals surface area contributed by atoms with Crippen LogP contribution in [0.5, 0.6) is 5.75 Å². The molecule has 2 N–H and O–H groups in total. The van der Waals surface area contributed by atoms with Gasteiger partial charge in [-0.1, -0.05) is 55.5 Å². The molecule has 0 aliphatic carbocycles. The lowest BCUT2D eigenvalue weighted by atomic mass is 10.1. The van der Waals surface area contributed by atoms with E-state index >= 15 is 0 Å². The molecular weight excluding hydrogens is 364 g/mol. The van der Waals surface area contributed by atoms with Gasteiger partial charge in [0, 0.05) is 11.3 Å². The minimum Gasteiger partial charge on any atom is -0.486 e. The highest BCUT2D eigenvalue weighted by Crippen LogP contribution is 2.25. The van der Waals surface area contributed by atoms with E-state index in [-0.39, 0.29) is 6.10 Å². The van der Waals surface area contributed by atoms with E-state index in [0.717, 1.165) is 17.5 Å². The van der Waals surface area contributed by atoms with Crippen LogP contribution in [-0.4, -0.2) is 11.9 Å². The number of hydrogen-bond donors (Lipinski definition) is 2. The summed E-state index contributed by atoms with van der Waals surface area (Å²) in [6.45, 7) is 3.90. The van der Waals surface area contributed by atoms with Gasteiger partial charge in [-0.3, -0.25) is 10.1 Å². The van der Waals surface area contributed by atoms with E-state index in [1.54, 1.807) is 36.4 Å². The van der Waals surface area contributed by atoms with Gasteiger partial charge in [-0.05, 0) is 54.8 Å². The Morgan fingerprint density at radius 2 is 1.55 bits per heavy atom. The Bertz CT molecular complexity index is 969. The number of nitrogens with one attached hydrogen (secondary N) is 2.